The highest BCUT2D eigenvalue weighted by Gasteiger charge is 2.13. The van der Waals surface area contributed by atoms with E-state index in [1.165, 1.54) is 24.0 Å². The molecule has 5 nitrogen and oxygen atoms in total. The SMILES string of the molecule is CCOc1ccc(CN=C(N)Nc2cccc3c2CCCC3)cc1OC. The molecule has 3 rings (SSSR count). The van der Waals surface area contributed by atoms with Crippen LogP contribution in [-0.4, -0.2) is 19.7 Å². The molecule has 0 saturated carbocycles. The highest BCUT2D eigenvalue weighted by atomic mass is 16.5. The van der Waals surface area contributed by atoms with Crippen molar-refractivity contribution in [1.29, 1.82) is 0 Å². The largest absolute Gasteiger partial charge is 0.493 e. The molecule has 1 aliphatic carbocycles. The summed E-state index contributed by atoms with van der Waals surface area (Å²) in [7, 11) is 1.64. The number of hydrogen-bond donors (Lipinski definition) is 2. The predicted octanol–water partition coefficient (Wildman–Crippen LogP) is 3.90. The molecular weight excluding hydrogens is 326 g/mol. The summed E-state index contributed by atoms with van der Waals surface area (Å²) < 4.78 is 10.9. The molecule has 3 N–H and O–H groups in total. The molecule has 26 heavy (non-hydrogen) atoms. The molecular formula is C21H27N3O2. The lowest BCUT2D eigenvalue weighted by atomic mass is 9.90. The fourth-order valence-electron chi connectivity index (χ4n) is 3.34. The number of anilines is 1. The molecule has 0 radical (unpaired) electrons. The van der Waals surface area contributed by atoms with Crippen molar-refractivity contribution in [2.75, 3.05) is 19.0 Å². The van der Waals surface area contributed by atoms with E-state index in [0.717, 1.165) is 29.8 Å². The van der Waals surface area contributed by atoms with Crippen LogP contribution >= 0.6 is 0 Å². The van der Waals surface area contributed by atoms with E-state index in [0.29, 0.717) is 24.9 Å². The first-order valence-electron chi connectivity index (χ1n) is 9.18. The number of nitrogens with one attached hydrogen (secondary N) is 1. The van der Waals surface area contributed by atoms with Crippen LogP contribution < -0.4 is 20.5 Å². The summed E-state index contributed by atoms with van der Waals surface area (Å²) in [6.45, 7) is 3.04. The van der Waals surface area contributed by atoms with Crippen molar-refractivity contribution in [3.8, 4) is 11.5 Å². The number of nitrogens with zero attached hydrogens (tertiary/aromatic N) is 1. The standard InChI is InChI=1S/C21H27N3O2/c1-3-26-19-12-11-15(13-20(19)25-2)14-23-21(22)24-18-10-6-8-16-7-4-5-9-17(16)18/h6,8,10-13H,3-5,7,9,14H2,1-2H3,(H3,22,23,24). The minimum atomic E-state index is 0.428. The van der Waals surface area contributed by atoms with Gasteiger partial charge in [-0.1, -0.05) is 18.2 Å². The molecule has 2 aromatic rings. The van der Waals surface area contributed by atoms with Gasteiger partial charge in [-0.05, 0) is 67.5 Å². The molecule has 0 fully saturated rings. The van der Waals surface area contributed by atoms with Crippen molar-refractivity contribution in [2.24, 2.45) is 10.7 Å². The maximum absolute atomic E-state index is 6.12. The molecule has 0 aliphatic heterocycles. The molecule has 0 heterocycles. The highest BCUT2D eigenvalue weighted by Crippen LogP contribution is 2.29. The van der Waals surface area contributed by atoms with E-state index in [-0.39, 0.29) is 0 Å². The molecule has 138 valence electrons. The lowest BCUT2D eigenvalue weighted by Crippen LogP contribution is -2.24. The number of hydrogen-bond acceptors (Lipinski definition) is 3. The van der Waals surface area contributed by atoms with Gasteiger partial charge < -0.3 is 20.5 Å². The van der Waals surface area contributed by atoms with Gasteiger partial charge in [-0.2, -0.15) is 0 Å². The molecule has 0 atom stereocenters. The summed E-state index contributed by atoms with van der Waals surface area (Å²) in [6, 6.07) is 12.2. The minimum Gasteiger partial charge on any atom is -0.493 e. The Bertz CT molecular complexity index is 787. The number of guanidine groups is 1. The average Bonchev–Trinajstić information content (AvgIpc) is 2.67. The van der Waals surface area contributed by atoms with Gasteiger partial charge in [0.25, 0.3) is 0 Å². The van der Waals surface area contributed by atoms with Crippen LogP contribution in [0.1, 0.15) is 36.5 Å². The van der Waals surface area contributed by atoms with Gasteiger partial charge in [-0.3, -0.25) is 0 Å². The fraction of sp³-hybridized carbons (Fsp3) is 0.381. The van der Waals surface area contributed by atoms with Gasteiger partial charge >= 0.3 is 0 Å². The number of methoxy groups -OCH3 is 1. The van der Waals surface area contributed by atoms with E-state index < -0.39 is 0 Å². The van der Waals surface area contributed by atoms with Crippen LogP contribution in [0.4, 0.5) is 5.69 Å². The zero-order chi connectivity index (χ0) is 18.4. The third-order valence-electron chi connectivity index (χ3n) is 4.62. The average molecular weight is 353 g/mol. The van der Waals surface area contributed by atoms with Crippen LogP contribution in [0, 0.1) is 0 Å². The van der Waals surface area contributed by atoms with Gasteiger partial charge in [0.05, 0.1) is 20.3 Å². The molecule has 0 saturated heterocycles. The number of aryl methyl sites for hydroxylation is 1. The van der Waals surface area contributed by atoms with Crippen LogP contribution in [0.5, 0.6) is 11.5 Å². The Hall–Kier alpha value is -2.69. The number of benzene rings is 2. The number of nitrogens with two attached hydrogens (primary N) is 1. The Morgan fingerprint density at radius 3 is 2.81 bits per heavy atom. The third kappa shape index (κ3) is 4.28. The normalized spacial score (nSPS) is 13.8. The highest BCUT2D eigenvalue weighted by molar-refractivity contribution is 5.93. The molecule has 2 aromatic carbocycles. The monoisotopic (exact) mass is 353 g/mol. The summed E-state index contributed by atoms with van der Waals surface area (Å²) in [4.78, 5) is 4.48. The second-order valence-electron chi connectivity index (χ2n) is 6.40. The van der Waals surface area contributed by atoms with E-state index in [2.05, 4.69) is 28.5 Å². The lowest BCUT2D eigenvalue weighted by molar-refractivity contribution is 0.310. The third-order valence-corrected chi connectivity index (χ3v) is 4.62. The van der Waals surface area contributed by atoms with E-state index in [1.807, 2.05) is 25.1 Å². The fourth-order valence-corrected chi connectivity index (χ4v) is 3.34. The predicted molar refractivity (Wildman–Crippen MR) is 106 cm³/mol. The van der Waals surface area contributed by atoms with E-state index in [9.17, 15) is 0 Å². The molecule has 0 aromatic heterocycles. The summed E-state index contributed by atoms with van der Waals surface area (Å²) in [5.41, 5.74) is 11.0. The maximum Gasteiger partial charge on any atom is 0.193 e. The zero-order valence-corrected chi connectivity index (χ0v) is 15.5. The van der Waals surface area contributed by atoms with Gasteiger partial charge in [0, 0.05) is 5.69 Å². The number of rotatable bonds is 6. The number of ether oxygens (including phenoxy) is 2. The molecule has 0 spiro atoms. The first-order valence-corrected chi connectivity index (χ1v) is 9.18. The smallest absolute Gasteiger partial charge is 0.193 e. The Labute approximate surface area is 155 Å². The summed E-state index contributed by atoms with van der Waals surface area (Å²) in [6.07, 6.45) is 4.74. The van der Waals surface area contributed by atoms with Gasteiger partial charge in [0.15, 0.2) is 17.5 Å². The first kappa shape index (κ1) is 18.1. The molecule has 5 heteroatoms. The lowest BCUT2D eigenvalue weighted by Gasteiger charge is -2.19. The van der Waals surface area contributed by atoms with Crippen LogP contribution in [-0.2, 0) is 19.4 Å². The van der Waals surface area contributed by atoms with Crippen LogP contribution in [0.15, 0.2) is 41.4 Å². The quantitative estimate of drug-likeness (QED) is 0.610. The van der Waals surface area contributed by atoms with Crippen molar-refractivity contribution in [3.63, 3.8) is 0 Å². The Morgan fingerprint density at radius 1 is 1.15 bits per heavy atom. The van der Waals surface area contributed by atoms with Crippen LogP contribution in [0.2, 0.25) is 0 Å². The molecule has 0 unspecified atom stereocenters. The maximum atomic E-state index is 6.12. The van der Waals surface area contributed by atoms with Crippen molar-refractivity contribution in [1.82, 2.24) is 0 Å². The van der Waals surface area contributed by atoms with Gasteiger partial charge in [0.1, 0.15) is 0 Å². The van der Waals surface area contributed by atoms with Gasteiger partial charge in [0.2, 0.25) is 0 Å². The second-order valence-corrected chi connectivity index (χ2v) is 6.40. The summed E-state index contributed by atoms with van der Waals surface area (Å²) >= 11 is 0. The number of aliphatic imine (C=N–C) groups is 1. The van der Waals surface area contributed by atoms with E-state index in [4.69, 9.17) is 15.2 Å². The van der Waals surface area contributed by atoms with Gasteiger partial charge in [-0.25, -0.2) is 4.99 Å². The minimum absolute atomic E-state index is 0.428. The number of fused-ring (bicyclic) bond motifs is 1. The van der Waals surface area contributed by atoms with E-state index >= 15 is 0 Å². The topological polar surface area (TPSA) is 68.9 Å². The molecule has 0 amide bonds. The Balaban J connectivity index is 1.69. The molecule has 1 aliphatic rings. The van der Waals surface area contributed by atoms with E-state index in [1.54, 1.807) is 7.11 Å². The van der Waals surface area contributed by atoms with Crippen LogP contribution in [0.25, 0.3) is 0 Å². The van der Waals surface area contributed by atoms with Crippen molar-refractivity contribution in [3.05, 3.63) is 53.1 Å². The summed E-state index contributed by atoms with van der Waals surface area (Å²) in [5, 5.41) is 3.27. The Morgan fingerprint density at radius 2 is 2.00 bits per heavy atom. The zero-order valence-electron chi connectivity index (χ0n) is 15.5. The summed E-state index contributed by atoms with van der Waals surface area (Å²) in [5.74, 6) is 1.88. The molecule has 0 bridgehead atoms. The Kier molecular flexibility index (Phi) is 6.00. The van der Waals surface area contributed by atoms with Crippen molar-refractivity contribution >= 4 is 11.6 Å². The first-order chi connectivity index (χ1) is 12.7. The van der Waals surface area contributed by atoms with Crippen LogP contribution in [0.3, 0.4) is 0 Å². The van der Waals surface area contributed by atoms with Gasteiger partial charge in [-0.15, -0.1) is 0 Å². The van der Waals surface area contributed by atoms with Crippen molar-refractivity contribution in [2.45, 2.75) is 39.2 Å². The van der Waals surface area contributed by atoms with Crippen molar-refractivity contribution < 1.29 is 9.47 Å². The second kappa shape index (κ2) is 8.61.